The minimum Gasteiger partial charge on any atom is -0.334 e. The summed E-state index contributed by atoms with van der Waals surface area (Å²) in [6, 6.07) is 7.48. The predicted octanol–water partition coefficient (Wildman–Crippen LogP) is 3.24. The van der Waals surface area contributed by atoms with Crippen LogP contribution < -0.4 is 0 Å². The average molecular weight is 360 g/mol. The number of nitrogens with zero attached hydrogens (tertiary/aromatic N) is 2. The second kappa shape index (κ2) is 6.12. The van der Waals surface area contributed by atoms with E-state index in [9.17, 15) is 4.79 Å². The number of imidazole rings is 1. The molecular formula is C12H12Br2N2O. The molecule has 2 rings (SSSR count). The minimum atomic E-state index is 0. The van der Waals surface area contributed by atoms with E-state index in [0.717, 1.165) is 17.0 Å². The molecule has 5 heteroatoms. The Morgan fingerprint density at radius 3 is 2.47 bits per heavy atom. The molecule has 17 heavy (non-hydrogen) atoms. The molecule has 1 aromatic heterocycles. The molecule has 0 saturated heterocycles. The molecule has 0 radical (unpaired) electrons. The van der Waals surface area contributed by atoms with Gasteiger partial charge in [-0.3, -0.25) is 4.79 Å². The number of aryl methyl sites for hydroxylation is 1. The third kappa shape index (κ3) is 3.04. The van der Waals surface area contributed by atoms with Crippen LogP contribution in [0.1, 0.15) is 10.4 Å². The van der Waals surface area contributed by atoms with E-state index in [4.69, 9.17) is 0 Å². The summed E-state index contributed by atoms with van der Waals surface area (Å²) in [5, 5.41) is 0.356. The smallest absolute Gasteiger partial charge is 0.173 e. The second-order valence-corrected chi connectivity index (χ2v) is 4.06. The van der Waals surface area contributed by atoms with Gasteiger partial charge in [0.1, 0.15) is 5.82 Å². The molecule has 0 saturated carbocycles. The Kier molecular flexibility index (Phi) is 5.08. The first kappa shape index (κ1) is 14.1. The zero-order valence-corrected chi connectivity index (χ0v) is 12.6. The monoisotopic (exact) mass is 358 g/mol. The number of hydrogen-bond donors (Lipinski definition) is 0. The Bertz CT molecular complexity index is 505. The Morgan fingerprint density at radius 1 is 1.35 bits per heavy atom. The quantitative estimate of drug-likeness (QED) is 0.622. The van der Waals surface area contributed by atoms with Gasteiger partial charge in [0.25, 0.3) is 0 Å². The molecular weight excluding hydrogens is 348 g/mol. The lowest BCUT2D eigenvalue weighted by molar-refractivity contribution is 0.102. The van der Waals surface area contributed by atoms with Crippen molar-refractivity contribution in [1.29, 1.82) is 0 Å². The summed E-state index contributed by atoms with van der Waals surface area (Å²) >= 11 is 3.15. The number of hydrogen-bond acceptors (Lipinski definition) is 2. The molecule has 0 aliphatic heterocycles. The number of benzene rings is 1. The minimum absolute atomic E-state index is 0. The zero-order valence-electron chi connectivity index (χ0n) is 9.26. The van der Waals surface area contributed by atoms with Crippen LogP contribution in [-0.2, 0) is 7.05 Å². The van der Waals surface area contributed by atoms with Crippen molar-refractivity contribution in [3.63, 3.8) is 0 Å². The van der Waals surface area contributed by atoms with E-state index in [1.807, 2.05) is 42.1 Å². The fourth-order valence-corrected chi connectivity index (χ4v) is 1.85. The first-order chi connectivity index (χ1) is 7.72. The van der Waals surface area contributed by atoms with Gasteiger partial charge in [0, 0.05) is 30.6 Å². The van der Waals surface area contributed by atoms with Crippen molar-refractivity contribution in [3.05, 3.63) is 42.2 Å². The number of Topliss-reactive ketones (excluding diaryl/α,β-unsaturated/α-hetero) is 1. The normalized spacial score (nSPS) is 9.76. The van der Waals surface area contributed by atoms with E-state index in [1.54, 1.807) is 6.20 Å². The number of aromatic nitrogens is 2. The van der Waals surface area contributed by atoms with Crippen LogP contribution in [0.3, 0.4) is 0 Å². The zero-order chi connectivity index (χ0) is 11.5. The SMILES string of the molecule is Br.Cn1ccnc1-c1ccc(C(=O)CBr)cc1. The van der Waals surface area contributed by atoms with E-state index in [1.165, 1.54) is 0 Å². The fourth-order valence-electron chi connectivity index (χ4n) is 1.53. The van der Waals surface area contributed by atoms with Crippen LogP contribution in [-0.4, -0.2) is 20.7 Å². The van der Waals surface area contributed by atoms with Gasteiger partial charge in [0.15, 0.2) is 5.78 Å². The third-order valence-electron chi connectivity index (χ3n) is 2.41. The maximum absolute atomic E-state index is 11.4. The highest BCUT2D eigenvalue weighted by Gasteiger charge is 2.06. The van der Waals surface area contributed by atoms with Crippen molar-refractivity contribution in [2.24, 2.45) is 7.05 Å². The summed E-state index contributed by atoms with van der Waals surface area (Å²) in [5.41, 5.74) is 1.73. The van der Waals surface area contributed by atoms with Crippen LogP contribution in [0.25, 0.3) is 11.4 Å². The Hall–Kier alpha value is -0.940. The molecule has 3 nitrogen and oxygen atoms in total. The van der Waals surface area contributed by atoms with E-state index >= 15 is 0 Å². The van der Waals surface area contributed by atoms with Crippen LogP contribution in [0, 0.1) is 0 Å². The van der Waals surface area contributed by atoms with Gasteiger partial charge in [0.2, 0.25) is 0 Å². The average Bonchev–Trinajstić information content (AvgIpc) is 2.75. The lowest BCUT2D eigenvalue weighted by atomic mass is 10.1. The summed E-state index contributed by atoms with van der Waals surface area (Å²) in [6.07, 6.45) is 3.65. The first-order valence-electron chi connectivity index (χ1n) is 4.89. The molecule has 0 bridgehead atoms. The van der Waals surface area contributed by atoms with E-state index < -0.39 is 0 Å². The van der Waals surface area contributed by atoms with E-state index in [-0.39, 0.29) is 22.8 Å². The number of ketones is 1. The van der Waals surface area contributed by atoms with Crippen LogP contribution in [0.2, 0.25) is 0 Å². The van der Waals surface area contributed by atoms with Crippen molar-refractivity contribution in [1.82, 2.24) is 9.55 Å². The van der Waals surface area contributed by atoms with Crippen LogP contribution in [0.5, 0.6) is 0 Å². The molecule has 1 heterocycles. The maximum Gasteiger partial charge on any atom is 0.173 e. The van der Waals surface area contributed by atoms with Crippen molar-refractivity contribution in [3.8, 4) is 11.4 Å². The summed E-state index contributed by atoms with van der Waals surface area (Å²) in [6.45, 7) is 0. The van der Waals surface area contributed by atoms with Crippen LogP contribution in [0.4, 0.5) is 0 Å². The summed E-state index contributed by atoms with van der Waals surface area (Å²) < 4.78 is 1.95. The number of carbonyl (C=O) groups is 1. The van der Waals surface area contributed by atoms with Crippen molar-refractivity contribution in [2.75, 3.05) is 5.33 Å². The van der Waals surface area contributed by atoms with Gasteiger partial charge in [0.05, 0.1) is 5.33 Å². The van der Waals surface area contributed by atoms with E-state index in [2.05, 4.69) is 20.9 Å². The second-order valence-electron chi connectivity index (χ2n) is 3.50. The summed E-state index contributed by atoms with van der Waals surface area (Å²) in [5.74, 6) is 0.990. The number of halogens is 2. The highest BCUT2D eigenvalue weighted by Crippen LogP contribution is 2.17. The number of alkyl halides is 1. The van der Waals surface area contributed by atoms with Gasteiger partial charge < -0.3 is 4.57 Å². The molecule has 0 fully saturated rings. The molecule has 0 unspecified atom stereocenters. The van der Waals surface area contributed by atoms with Crippen molar-refractivity contribution in [2.45, 2.75) is 0 Å². The lowest BCUT2D eigenvalue weighted by Crippen LogP contribution is -1.99. The van der Waals surface area contributed by atoms with Gasteiger partial charge in [-0.1, -0.05) is 40.2 Å². The maximum atomic E-state index is 11.4. The van der Waals surface area contributed by atoms with Crippen molar-refractivity contribution < 1.29 is 4.79 Å². The van der Waals surface area contributed by atoms with Gasteiger partial charge in [-0.05, 0) is 0 Å². The largest absolute Gasteiger partial charge is 0.334 e. The van der Waals surface area contributed by atoms with E-state index in [0.29, 0.717) is 5.33 Å². The standard InChI is InChI=1S/C12H11BrN2O.BrH/c1-15-7-6-14-12(15)10-4-2-9(3-5-10)11(16)8-13;/h2-7H,8H2,1H3;1H. The summed E-state index contributed by atoms with van der Waals surface area (Å²) in [4.78, 5) is 15.7. The molecule has 0 aliphatic carbocycles. The first-order valence-corrected chi connectivity index (χ1v) is 6.01. The fraction of sp³-hybridized carbons (Fsp3) is 0.167. The molecule has 90 valence electrons. The van der Waals surface area contributed by atoms with Crippen molar-refractivity contribution >= 4 is 38.7 Å². The molecule has 0 atom stereocenters. The van der Waals surface area contributed by atoms with Gasteiger partial charge in [-0.25, -0.2) is 4.98 Å². The lowest BCUT2D eigenvalue weighted by Gasteiger charge is -2.02. The molecule has 0 N–H and O–H groups in total. The van der Waals surface area contributed by atoms with Crippen LogP contribution >= 0.6 is 32.9 Å². The highest BCUT2D eigenvalue weighted by molar-refractivity contribution is 9.09. The Balaban J connectivity index is 0.00000144. The summed E-state index contributed by atoms with van der Waals surface area (Å²) in [7, 11) is 1.94. The Labute approximate surface area is 119 Å². The predicted molar refractivity (Wildman–Crippen MR) is 77.1 cm³/mol. The third-order valence-corrected chi connectivity index (χ3v) is 2.92. The van der Waals surface area contributed by atoms with Gasteiger partial charge >= 0.3 is 0 Å². The highest BCUT2D eigenvalue weighted by atomic mass is 79.9. The van der Waals surface area contributed by atoms with Crippen LogP contribution in [0.15, 0.2) is 36.7 Å². The van der Waals surface area contributed by atoms with Gasteiger partial charge in [-0.2, -0.15) is 0 Å². The number of carbonyl (C=O) groups excluding carboxylic acids is 1. The van der Waals surface area contributed by atoms with Gasteiger partial charge in [-0.15, -0.1) is 17.0 Å². The molecule has 0 amide bonds. The molecule has 0 aliphatic rings. The topological polar surface area (TPSA) is 34.9 Å². The number of rotatable bonds is 3. The molecule has 2 aromatic rings. The molecule has 0 spiro atoms. The molecule has 1 aromatic carbocycles. The Morgan fingerprint density at radius 2 is 2.00 bits per heavy atom.